The Morgan fingerprint density at radius 2 is 2.27 bits per heavy atom. The Balaban J connectivity index is 0.00000306. The van der Waals surface area contributed by atoms with Crippen molar-refractivity contribution >= 4 is 75.0 Å². The third-order valence-corrected chi connectivity index (χ3v) is 8.35. The number of fused-ring (bicyclic) bond motifs is 1. The monoisotopic (exact) mass is 535 g/mol. The Morgan fingerprint density at radius 1 is 1.48 bits per heavy atom. The summed E-state index contributed by atoms with van der Waals surface area (Å²) >= 11 is 5.06. The molecule has 33 heavy (non-hydrogen) atoms. The second-order valence-electron chi connectivity index (χ2n) is 6.32. The summed E-state index contributed by atoms with van der Waals surface area (Å²) in [5.74, 6) is -1.96. The van der Waals surface area contributed by atoms with E-state index >= 15 is 0 Å². The number of carboxylic acids is 1. The number of aliphatic carboxylic acids is 1. The number of thiazole rings is 1. The summed E-state index contributed by atoms with van der Waals surface area (Å²) in [5, 5.41) is 23.0. The first-order valence-electron chi connectivity index (χ1n) is 8.82. The number of β-lactam (4-membered cyclic amide) rings is 1. The fourth-order valence-corrected chi connectivity index (χ4v) is 6.52. The maximum absolute atomic E-state index is 12.8. The van der Waals surface area contributed by atoms with Crippen LogP contribution in [0.2, 0.25) is 0 Å². The zero-order chi connectivity index (χ0) is 22.8. The van der Waals surface area contributed by atoms with Crippen molar-refractivity contribution in [3.8, 4) is 0 Å². The molecular formula is C16H14N7NaO5S4. The Kier molecular flexibility index (Phi) is 8.76. The van der Waals surface area contributed by atoms with Gasteiger partial charge in [0.1, 0.15) is 28.4 Å². The molecule has 12 nitrogen and oxygen atoms in total. The van der Waals surface area contributed by atoms with Gasteiger partial charge < -0.3 is 25.8 Å². The predicted octanol–water partition coefficient (Wildman–Crippen LogP) is -3.87. The Morgan fingerprint density at radius 3 is 2.88 bits per heavy atom. The number of nitrogens with one attached hydrogen (secondary N) is 1. The summed E-state index contributed by atoms with van der Waals surface area (Å²) in [6.07, 6.45) is 1.59. The average Bonchev–Trinajstić information content (AvgIpc) is 3.45. The molecule has 1 fully saturated rings. The topological polar surface area (TPSA) is 176 Å². The van der Waals surface area contributed by atoms with Crippen molar-refractivity contribution in [2.45, 2.75) is 15.6 Å². The minimum atomic E-state index is -1.44. The van der Waals surface area contributed by atoms with E-state index in [4.69, 9.17) is 10.6 Å². The smallest absolute Gasteiger partial charge is 0.543 e. The quantitative estimate of drug-likeness (QED) is 0.111. The van der Waals surface area contributed by atoms with Gasteiger partial charge in [0.25, 0.3) is 11.8 Å². The van der Waals surface area contributed by atoms with E-state index in [0.29, 0.717) is 17.1 Å². The molecule has 0 aliphatic carbocycles. The predicted molar refractivity (Wildman–Crippen MR) is 118 cm³/mol. The molecule has 2 aliphatic heterocycles. The standard InChI is InChI=1S/C16H15N7O5S4.Na/c1-28-21-9(7-5-31-16(17)19-7)12(24)20-10-13(25)23-11(15(26)27)6(4-30-14(10)23)3-29-8-2-18-22-32-8;/h2,5,10,14H,3-4H2,1H3,(H2,17,19)(H,20,24)(H,26,27);/q;+1/p-1/t10-,14+;/m1./s1. The first kappa shape index (κ1) is 25.9. The number of amides is 2. The van der Waals surface area contributed by atoms with E-state index in [1.807, 2.05) is 0 Å². The SMILES string of the molecule is CON=C(C(=O)N[C@@H]1C(=O)N2C(C(=O)[O-])=C(CSc3cnns3)CS[C@@H]12)c1csc(N)n1.[Na+]. The molecule has 1 saturated heterocycles. The second-order valence-corrected chi connectivity index (χ2v) is 10.4. The molecule has 4 heterocycles. The molecule has 0 unspecified atom stereocenters. The molecule has 0 aromatic carbocycles. The van der Waals surface area contributed by atoms with Crippen LogP contribution in [0.5, 0.6) is 0 Å². The van der Waals surface area contributed by atoms with Gasteiger partial charge in [0.15, 0.2) is 10.8 Å². The van der Waals surface area contributed by atoms with Crippen molar-refractivity contribution in [1.29, 1.82) is 0 Å². The molecule has 0 radical (unpaired) electrons. The largest absolute Gasteiger partial charge is 1.00 e. The van der Waals surface area contributed by atoms with Crippen molar-refractivity contribution in [3.63, 3.8) is 0 Å². The third kappa shape index (κ3) is 5.36. The van der Waals surface area contributed by atoms with Crippen molar-refractivity contribution in [1.82, 2.24) is 24.8 Å². The number of nitrogens with zero attached hydrogens (tertiary/aromatic N) is 5. The molecule has 168 valence electrons. The number of aromatic nitrogens is 3. The maximum Gasteiger partial charge on any atom is 1.00 e. The number of thioether (sulfide) groups is 2. The van der Waals surface area contributed by atoms with Crippen molar-refractivity contribution in [2.24, 2.45) is 5.16 Å². The van der Waals surface area contributed by atoms with Crippen LogP contribution in [0.1, 0.15) is 5.69 Å². The van der Waals surface area contributed by atoms with Crippen LogP contribution in [0.4, 0.5) is 5.13 Å². The Labute approximate surface area is 225 Å². The minimum Gasteiger partial charge on any atom is -0.543 e. The second kappa shape index (κ2) is 11.2. The molecule has 2 aromatic heterocycles. The van der Waals surface area contributed by atoms with Crippen molar-refractivity contribution in [2.75, 3.05) is 24.3 Å². The summed E-state index contributed by atoms with van der Waals surface area (Å²) < 4.78 is 4.59. The van der Waals surface area contributed by atoms with Gasteiger partial charge in [-0.25, -0.2) is 4.98 Å². The average molecular weight is 536 g/mol. The van der Waals surface area contributed by atoms with E-state index in [1.165, 1.54) is 47.5 Å². The number of hydrogen-bond donors (Lipinski definition) is 2. The first-order chi connectivity index (χ1) is 15.4. The van der Waals surface area contributed by atoms with E-state index < -0.39 is 29.2 Å². The molecular weight excluding hydrogens is 521 g/mol. The molecule has 17 heteroatoms. The van der Waals surface area contributed by atoms with E-state index in [0.717, 1.165) is 20.4 Å². The first-order valence-corrected chi connectivity index (χ1v) is 12.5. The van der Waals surface area contributed by atoms with Gasteiger partial charge in [0.2, 0.25) is 0 Å². The van der Waals surface area contributed by atoms with Gasteiger partial charge in [-0.2, -0.15) is 0 Å². The van der Waals surface area contributed by atoms with Crippen LogP contribution in [0.3, 0.4) is 0 Å². The molecule has 4 rings (SSSR count). The van der Waals surface area contributed by atoms with Crippen LogP contribution in [0.25, 0.3) is 0 Å². The fraction of sp³-hybridized carbons (Fsp3) is 0.312. The van der Waals surface area contributed by atoms with Crippen LogP contribution < -0.4 is 45.7 Å². The van der Waals surface area contributed by atoms with E-state index in [-0.39, 0.29) is 51.8 Å². The number of nitrogens with two attached hydrogens (primary N) is 1. The number of anilines is 1. The normalized spacial score (nSPS) is 20.0. The number of rotatable bonds is 8. The summed E-state index contributed by atoms with van der Waals surface area (Å²) in [6, 6.07) is -0.931. The van der Waals surface area contributed by atoms with Gasteiger partial charge in [-0.05, 0) is 17.1 Å². The van der Waals surface area contributed by atoms with Gasteiger partial charge in [-0.1, -0.05) is 9.64 Å². The van der Waals surface area contributed by atoms with Gasteiger partial charge >= 0.3 is 29.6 Å². The third-order valence-electron chi connectivity index (χ3n) is 4.42. The molecule has 0 bridgehead atoms. The van der Waals surface area contributed by atoms with Gasteiger partial charge in [0, 0.05) is 16.9 Å². The molecule has 0 saturated carbocycles. The van der Waals surface area contributed by atoms with Crippen LogP contribution >= 0.6 is 46.4 Å². The zero-order valence-corrected chi connectivity index (χ0v) is 22.5. The van der Waals surface area contributed by atoms with Crippen LogP contribution in [0.15, 0.2) is 32.2 Å². The number of oxime groups is 1. The number of hydrogen-bond acceptors (Lipinski definition) is 14. The molecule has 3 N–H and O–H groups in total. The minimum absolute atomic E-state index is 0. The molecule has 2 aliphatic rings. The Hall–Kier alpha value is -1.69. The number of carboxylic acid groups (broad SMARTS) is 1. The fourth-order valence-electron chi connectivity index (χ4n) is 3.06. The van der Waals surface area contributed by atoms with Crippen molar-refractivity contribution in [3.05, 3.63) is 28.5 Å². The van der Waals surface area contributed by atoms with Crippen LogP contribution in [-0.4, -0.2) is 73.0 Å². The van der Waals surface area contributed by atoms with Gasteiger partial charge in [-0.3, -0.25) is 14.5 Å². The summed E-state index contributed by atoms with van der Waals surface area (Å²) in [4.78, 5) is 47.2. The van der Waals surface area contributed by atoms with E-state index in [9.17, 15) is 19.5 Å². The molecule has 2 atom stereocenters. The molecule has 2 amide bonds. The number of nitrogen functional groups attached to an aromatic ring is 1. The van der Waals surface area contributed by atoms with Crippen LogP contribution in [0, 0.1) is 0 Å². The summed E-state index contributed by atoms with van der Waals surface area (Å²) in [7, 11) is 1.27. The summed E-state index contributed by atoms with van der Waals surface area (Å²) in [6.45, 7) is 0. The summed E-state index contributed by atoms with van der Waals surface area (Å²) in [5.41, 5.74) is 6.08. The Bertz CT molecular complexity index is 1120. The number of carbonyl (C=O) groups excluding carboxylic acids is 3. The molecule has 2 aromatic rings. The van der Waals surface area contributed by atoms with E-state index in [2.05, 4.69) is 25.0 Å². The van der Waals surface area contributed by atoms with Gasteiger partial charge in [-0.15, -0.1) is 40.0 Å². The number of carbonyl (C=O) groups is 3. The van der Waals surface area contributed by atoms with Crippen molar-refractivity contribution < 1.29 is 53.9 Å². The molecule has 0 spiro atoms. The van der Waals surface area contributed by atoms with E-state index in [1.54, 1.807) is 6.20 Å². The maximum atomic E-state index is 12.8. The zero-order valence-electron chi connectivity index (χ0n) is 17.2. The van der Waals surface area contributed by atoms with Crippen LogP contribution in [-0.2, 0) is 19.2 Å². The van der Waals surface area contributed by atoms with Gasteiger partial charge in [0.05, 0.1) is 17.9 Å².